The number of non-ortho nitro benzene ring substituents is 1. The van der Waals surface area contributed by atoms with Crippen LogP contribution in [0.3, 0.4) is 0 Å². The summed E-state index contributed by atoms with van der Waals surface area (Å²) in [5, 5.41) is 21.8. The number of carbonyl (C=O) groups excluding carboxylic acids is 1. The molecule has 0 radical (unpaired) electrons. The molecule has 2 aromatic carbocycles. The van der Waals surface area contributed by atoms with Crippen LogP contribution >= 0.6 is 0 Å². The zero-order chi connectivity index (χ0) is 25.2. The molecule has 2 aromatic heterocycles. The highest BCUT2D eigenvalue weighted by atomic mass is 16.6. The van der Waals surface area contributed by atoms with Crippen molar-refractivity contribution in [3.05, 3.63) is 100 Å². The molecule has 180 valence electrons. The summed E-state index contributed by atoms with van der Waals surface area (Å²) in [6.45, 7) is 1.80. The van der Waals surface area contributed by atoms with Crippen molar-refractivity contribution in [3.8, 4) is 17.1 Å². The fourth-order valence-electron chi connectivity index (χ4n) is 4.05. The van der Waals surface area contributed by atoms with E-state index in [1.165, 1.54) is 12.1 Å². The number of hydrogen-bond acceptors (Lipinski definition) is 8. The normalized spacial score (nSPS) is 14.6. The Kier molecular flexibility index (Phi) is 5.87. The molecule has 0 fully saturated rings. The molecule has 36 heavy (non-hydrogen) atoms. The molecule has 1 aliphatic heterocycles. The van der Waals surface area contributed by atoms with Gasteiger partial charge in [-0.1, -0.05) is 12.1 Å². The fraction of sp³-hybridized carbons (Fsp3) is 0.120. The Morgan fingerprint density at radius 2 is 1.97 bits per heavy atom. The minimum absolute atomic E-state index is 0.0259. The lowest BCUT2D eigenvalue weighted by molar-refractivity contribution is -0.384. The van der Waals surface area contributed by atoms with Gasteiger partial charge in [-0.05, 0) is 48.9 Å². The number of pyridine rings is 1. The van der Waals surface area contributed by atoms with E-state index in [-0.39, 0.29) is 11.6 Å². The first kappa shape index (κ1) is 22.7. The van der Waals surface area contributed by atoms with E-state index in [2.05, 4.69) is 25.7 Å². The number of nitrogens with zero attached hydrogens (tertiary/aromatic N) is 5. The van der Waals surface area contributed by atoms with Crippen LogP contribution in [0, 0.1) is 10.1 Å². The number of nitro groups is 1. The summed E-state index contributed by atoms with van der Waals surface area (Å²) in [7, 11) is 1.58. The monoisotopic (exact) mass is 483 g/mol. The lowest BCUT2D eigenvalue weighted by atomic mass is 9.95. The van der Waals surface area contributed by atoms with E-state index in [0.29, 0.717) is 40.0 Å². The number of hydrogen-bond donors (Lipinski definition) is 2. The van der Waals surface area contributed by atoms with Crippen LogP contribution in [0.5, 0.6) is 5.75 Å². The van der Waals surface area contributed by atoms with E-state index in [4.69, 9.17) is 4.74 Å². The lowest BCUT2D eigenvalue weighted by Gasteiger charge is -2.28. The number of allylic oxidation sites excluding steroid dienone is 1. The summed E-state index contributed by atoms with van der Waals surface area (Å²) in [4.78, 5) is 32.7. The molecule has 1 amide bonds. The molecule has 0 aliphatic carbocycles. The van der Waals surface area contributed by atoms with Crippen LogP contribution in [0.4, 0.5) is 17.3 Å². The van der Waals surface area contributed by atoms with Gasteiger partial charge < -0.3 is 15.4 Å². The minimum Gasteiger partial charge on any atom is -0.497 e. The number of rotatable bonds is 6. The summed E-state index contributed by atoms with van der Waals surface area (Å²) in [6, 6.07) is 16.3. The third-order valence-electron chi connectivity index (χ3n) is 5.76. The Balaban J connectivity index is 1.59. The standard InChI is InChI=1S/C25H21N7O4/c1-15-21(24(33)28-18-6-4-12-26-14-18)22(17-5-3-7-20(13-17)36-2)31-25(27-15)29-23(30-31)16-8-10-19(11-9-16)32(34)35/h3-14,22H,1-2H3,(H,28,33)(H,27,29,30). The van der Waals surface area contributed by atoms with E-state index in [9.17, 15) is 14.9 Å². The smallest absolute Gasteiger partial charge is 0.269 e. The number of nitro benzene ring substituents is 1. The van der Waals surface area contributed by atoms with Gasteiger partial charge in [0.05, 0.1) is 29.5 Å². The molecule has 4 aromatic rings. The number of anilines is 2. The first-order chi connectivity index (χ1) is 17.4. The van der Waals surface area contributed by atoms with Crippen LogP contribution in [-0.4, -0.2) is 37.7 Å². The minimum atomic E-state index is -0.618. The maximum atomic E-state index is 13.5. The van der Waals surface area contributed by atoms with E-state index in [1.807, 2.05) is 24.3 Å². The third-order valence-corrected chi connectivity index (χ3v) is 5.76. The number of benzene rings is 2. The quantitative estimate of drug-likeness (QED) is 0.308. The van der Waals surface area contributed by atoms with Gasteiger partial charge in [-0.2, -0.15) is 4.98 Å². The van der Waals surface area contributed by atoms with Crippen molar-refractivity contribution < 1.29 is 14.5 Å². The Hall–Kier alpha value is -5.06. The van der Waals surface area contributed by atoms with Gasteiger partial charge in [0.25, 0.3) is 11.6 Å². The van der Waals surface area contributed by atoms with Gasteiger partial charge >= 0.3 is 0 Å². The average molecular weight is 483 g/mol. The van der Waals surface area contributed by atoms with Gasteiger partial charge in [-0.15, -0.1) is 5.10 Å². The predicted octanol–water partition coefficient (Wildman–Crippen LogP) is 4.18. The molecule has 0 saturated carbocycles. The van der Waals surface area contributed by atoms with Crippen molar-refractivity contribution in [2.75, 3.05) is 17.7 Å². The van der Waals surface area contributed by atoms with Gasteiger partial charge in [-0.25, -0.2) is 4.68 Å². The number of amides is 1. The van der Waals surface area contributed by atoms with Crippen molar-refractivity contribution in [2.45, 2.75) is 13.0 Å². The highest BCUT2D eigenvalue weighted by molar-refractivity contribution is 6.06. The summed E-state index contributed by atoms with van der Waals surface area (Å²) >= 11 is 0. The van der Waals surface area contributed by atoms with E-state index >= 15 is 0 Å². The summed E-state index contributed by atoms with van der Waals surface area (Å²) in [5.74, 6) is 1.11. The Bertz CT molecular complexity index is 1480. The van der Waals surface area contributed by atoms with Crippen LogP contribution in [0.25, 0.3) is 11.4 Å². The van der Waals surface area contributed by atoms with Crippen molar-refractivity contribution >= 4 is 23.2 Å². The number of nitrogens with one attached hydrogen (secondary N) is 2. The second-order valence-corrected chi connectivity index (χ2v) is 8.05. The number of fused-ring (bicyclic) bond motifs is 1. The molecule has 5 rings (SSSR count). The maximum Gasteiger partial charge on any atom is 0.269 e. The maximum absolute atomic E-state index is 13.5. The van der Waals surface area contributed by atoms with Gasteiger partial charge in [0, 0.05) is 29.6 Å². The molecule has 1 atom stereocenters. The molecule has 1 aliphatic rings. The number of methoxy groups -OCH3 is 1. The molecule has 0 saturated heterocycles. The molecular formula is C25H21N7O4. The van der Waals surface area contributed by atoms with Gasteiger partial charge in [0.2, 0.25) is 5.95 Å². The van der Waals surface area contributed by atoms with Crippen molar-refractivity contribution in [2.24, 2.45) is 0 Å². The van der Waals surface area contributed by atoms with Crippen molar-refractivity contribution in [1.82, 2.24) is 19.7 Å². The predicted molar refractivity (Wildman–Crippen MR) is 132 cm³/mol. The van der Waals surface area contributed by atoms with Crippen LogP contribution < -0.4 is 15.4 Å². The Morgan fingerprint density at radius 3 is 2.67 bits per heavy atom. The zero-order valence-corrected chi connectivity index (χ0v) is 19.4. The number of carbonyl (C=O) groups is 1. The van der Waals surface area contributed by atoms with Crippen molar-refractivity contribution in [3.63, 3.8) is 0 Å². The Morgan fingerprint density at radius 1 is 1.17 bits per heavy atom. The summed E-state index contributed by atoms with van der Waals surface area (Å²) < 4.78 is 7.05. The van der Waals surface area contributed by atoms with Gasteiger partial charge in [0.15, 0.2) is 5.82 Å². The van der Waals surface area contributed by atoms with Crippen LogP contribution in [0.15, 0.2) is 84.3 Å². The SMILES string of the molecule is COc1cccc(C2C(C(=O)Nc3cccnc3)=C(C)Nc3nc(-c4ccc([N+](=O)[O-])cc4)nn32)c1. The number of aromatic nitrogens is 4. The van der Waals surface area contributed by atoms with Crippen LogP contribution in [0.1, 0.15) is 18.5 Å². The van der Waals surface area contributed by atoms with Crippen molar-refractivity contribution in [1.29, 1.82) is 0 Å². The first-order valence-electron chi connectivity index (χ1n) is 11.0. The summed E-state index contributed by atoms with van der Waals surface area (Å²) in [6.07, 6.45) is 3.20. The van der Waals surface area contributed by atoms with E-state index in [1.54, 1.807) is 55.4 Å². The molecule has 0 bridgehead atoms. The second kappa shape index (κ2) is 9.29. The second-order valence-electron chi connectivity index (χ2n) is 8.05. The first-order valence-corrected chi connectivity index (χ1v) is 11.0. The molecular weight excluding hydrogens is 462 g/mol. The highest BCUT2D eigenvalue weighted by Gasteiger charge is 2.34. The third kappa shape index (κ3) is 4.25. The number of ether oxygens (including phenoxy) is 1. The molecule has 11 nitrogen and oxygen atoms in total. The largest absolute Gasteiger partial charge is 0.497 e. The topological polar surface area (TPSA) is 137 Å². The van der Waals surface area contributed by atoms with Gasteiger partial charge in [-0.3, -0.25) is 19.9 Å². The molecule has 1 unspecified atom stereocenters. The Labute approximate surface area is 205 Å². The van der Waals surface area contributed by atoms with E-state index in [0.717, 1.165) is 5.56 Å². The average Bonchev–Trinajstić information content (AvgIpc) is 3.32. The van der Waals surface area contributed by atoms with E-state index < -0.39 is 11.0 Å². The van der Waals surface area contributed by atoms with Crippen LogP contribution in [0.2, 0.25) is 0 Å². The zero-order valence-electron chi connectivity index (χ0n) is 19.4. The highest BCUT2D eigenvalue weighted by Crippen LogP contribution is 2.37. The summed E-state index contributed by atoms with van der Waals surface area (Å²) in [5.41, 5.74) is 2.96. The molecule has 2 N–H and O–H groups in total. The van der Waals surface area contributed by atoms with Crippen LogP contribution in [-0.2, 0) is 4.79 Å². The molecule has 3 heterocycles. The molecule has 11 heteroatoms. The fourth-order valence-corrected chi connectivity index (χ4v) is 4.05. The van der Waals surface area contributed by atoms with Gasteiger partial charge in [0.1, 0.15) is 11.8 Å². The molecule has 0 spiro atoms. The lowest BCUT2D eigenvalue weighted by Crippen LogP contribution is -2.31.